The van der Waals surface area contributed by atoms with Gasteiger partial charge in [-0.1, -0.05) is 0 Å². The van der Waals surface area contributed by atoms with Crippen molar-refractivity contribution >= 4 is 19.5 Å². The van der Waals surface area contributed by atoms with Crippen molar-refractivity contribution in [2.45, 2.75) is 59.0 Å². The molecule has 0 saturated carbocycles. The molecule has 0 heterocycles. The Morgan fingerprint density at radius 2 is 1.35 bits per heavy atom. The fraction of sp³-hybridized carbons (Fsp3) is 0.867. The van der Waals surface area contributed by atoms with E-state index in [0.717, 1.165) is 0 Å². The standard InChI is InChI=1S/C15H29O7P/c1-6-19-13(16)10-11-15(5,12-14(17)20-7-2)23(18,21-8-3)22-9-4/h6-12H2,1-5H3. The average molecular weight is 352 g/mol. The second-order valence-corrected chi connectivity index (χ2v) is 7.71. The third kappa shape index (κ3) is 7.02. The quantitative estimate of drug-likeness (QED) is 0.393. The van der Waals surface area contributed by atoms with Crippen LogP contribution >= 0.6 is 7.60 Å². The molecule has 0 aliphatic heterocycles. The number of hydrogen-bond donors (Lipinski definition) is 0. The van der Waals surface area contributed by atoms with Crippen LogP contribution < -0.4 is 0 Å². The Kier molecular flexibility index (Phi) is 10.4. The highest BCUT2D eigenvalue weighted by Crippen LogP contribution is 2.63. The van der Waals surface area contributed by atoms with E-state index in [-0.39, 0.29) is 45.7 Å². The molecule has 0 aromatic rings. The molecule has 0 aliphatic carbocycles. The third-order valence-electron chi connectivity index (χ3n) is 3.26. The summed E-state index contributed by atoms with van der Waals surface area (Å²) in [4.78, 5) is 23.5. The molecule has 0 N–H and O–H groups in total. The molecule has 0 rings (SSSR count). The molecule has 0 fully saturated rings. The summed E-state index contributed by atoms with van der Waals surface area (Å²) in [6.45, 7) is 9.25. The predicted octanol–water partition coefficient (Wildman–Crippen LogP) is 3.31. The van der Waals surface area contributed by atoms with Crippen molar-refractivity contribution in [2.75, 3.05) is 26.4 Å². The normalized spacial score (nSPS) is 14.1. The molecule has 23 heavy (non-hydrogen) atoms. The Balaban J connectivity index is 5.34. The average Bonchev–Trinajstić information content (AvgIpc) is 2.46. The van der Waals surface area contributed by atoms with Crippen molar-refractivity contribution in [2.24, 2.45) is 0 Å². The minimum atomic E-state index is -3.60. The van der Waals surface area contributed by atoms with Gasteiger partial charge in [-0.25, -0.2) is 0 Å². The summed E-state index contributed by atoms with van der Waals surface area (Å²) in [5, 5.41) is -1.15. The summed E-state index contributed by atoms with van der Waals surface area (Å²) in [5.74, 6) is -0.916. The van der Waals surface area contributed by atoms with Crippen molar-refractivity contribution < 1.29 is 32.7 Å². The molecule has 0 aromatic heterocycles. The highest BCUT2D eigenvalue weighted by molar-refractivity contribution is 7.55. The molecule has 0 radical (unpaired) electrons. The Hall–Kier alpha value is -0.910. The number of carbonyl (C=O) groups is 2. The van der Waals surface area contributed by atoms with Crippen LogP contribution in [0.3, 0.4) is 0 Å². The first kappa shape index (κ1) is 22.1. The van der Waals surface area contributed by atoms with Gasteiger partial charge in [0.1, 0.15) is 0 Å². The van der Waals surface area contributed by atoms with Gasteiger partial charge in [0.15, 0.2) is 0 Å². The van der Waals surface area contributed by atoms with E-state index in [1.165, 1.54) is 0 Å². The van der Waals surface area contributed by atoms with Gasteiger partial charge in [-0.15, -0.1) is 0 Å². The zero-order valence-corrected chi connectivity index (χ0v) is 15.6. The second-order valence-electron chi connectivity index (χ2n) is 5.12. The lowest BCUT2D eigenvalue weighted by Gasteiger charge is -2.35. The monoisotopic (exact) mass is 352 g/mol. The first-order valence-electron chi connectivity index (χ1n) is 7.99. The first-order valence-corrected chi connectivity index (χ1v) is 9.53. The van der Waals surface area contributed by atoms with Gasteiger partial charge in [-0.3, -0.25) is 14.2 Å². The van der Waals surface area contributed by atoms with E-state index in [1.54, 1.807) is 34.6 Å². The van der Waals surface area contributed by atoms with Crippen molar-refractivity contribution in [3.63, 3.8) is 0 Å². The van der Waals surface area contributed by atoms with Crippen LogP contribution in [0, 0.1) is 0 Å². The largest absolute Gasteiger partial charge is 0.466 e. The number of hydrogen-bond acceptors (Lipinski definition) is 7. The maximum Gasteiger partial charge on any atom is 0.337 e. The third-order valence-corrected chi connectivity index (χ3v) is 6.16. The highest BCUT2D eigenvalue weighted by atomic mass is 31.2. The van der Waals surface area contributed by atoms with Crippen molar-refractivity contribution in [3.05, 3.63) is 0 Å². The summed E-state index contributed by atoms with van der Waals surface area (Å²) in [7, 11) is -3.60. The minimum absolute atomic E-state index is 0.0217. The molecule has 0 spiro atoms. The van der Waals surface area contributed by atoms with Crippen LogP contribution in [0.4, 0.5) is 0 Å². The Bertz CT molecular complexity index is 414. The summed E-state index contributed by atoms with van der Waals surface area (Å²) >= 11 is 0. The molecule has 0 amide bonds. The van der Waals surface area contributed by atoms with Crippen LogP contribution in [0.5, 0.6) is 0 Å². The number of ether oxygens (including phenoxy) is 2. The lowest BCUT2D eigenvalue weighted by molar-refractivity contribution is -0.146. The summed E-state index contributed by atoms with van der Waals surface area (Å²) in [6, 6.07) is 0. The van der Waals surface area contributed by atoms with E-state index in [4.69, 9.17) is 18.5 Å². The van der Waals surface area contributed by atoms with Gasteiger partial charge in [0.05, 0.1) is 38.0 Å². The van der Waals surface area contributed by atoms with E-state index in [0.29, 0.717) is 0 Å². The van der Waals surface area contributed by atoms with E-state index < -0.39 is 24.7 Å². The minimum Gasteiger partial charge on any atom is -0.466 e. The SMILES string of the molecule is CCOC(=O)CCC(C)(CC(=O)OCC)P(=O)(OCC)OCC. The van der Waals surface area contributed by atoms with Gasteiger partial charge in [-0.05, 0) is 41.0 Å². The molecule has 1 unspecified atom stereocenters. The highest BCUT2D eigenvalue weighted by Gasteiger charge is 2.48. The molecule has 0 bridgehead atoms. The van der Waals surface area contributed by atoms with Crippen LogP contribution in [0.1, 0.15) is 53.9 Å². The summed E-state index contributed by atoms with van der Waals surface area (Å²) in [5.41, 5.74) is 0. The topological polar surface area (TPSA) is 88.1 Å². The molecular formula is C15H29O7P. The van der Waals surface area contributed by atoms with Gasteiger partial charge in [-0.2, -0.15) is 0 Å². The smallest absolute Gasteiger partial charge is 0.337 e. The van der Waals surface area contributed by atoms with Crippen LogP contribution in [0.2, 0.25) is 0 Å². The Morgan fingerprint density at radius 3 is 1.78 bits per heavy atom. The van der Waals surface area contributed by atoms with Gasteiger partial charge in [0, 0.05) is 6.42 Å². The number of rotatable bonds is 12. The van der Waals surface area contributed by atoms with Gasteiger partial charge in [0.25, 0.3) is 0 Å². The van der Waals surface area contributed by atoms with Crippen molar-refractivity contribution in [3.8, 4) is 0 Å². The second kappa shape index (κ2) is 10.8. The predicted molar refractivity (Wildman–Crippen MR) is 86.4 cm³/mol. The lowest BCUT2D eigenvalue weighted by Crippen LogP contribution is -2.32. The van der Waals surface area contributed by atoms with Crippen LogP contribution in [-0.2, 0) is 32.7 Å². The molecule has 0 aliphatic rings. The fourth-order valence-electron chi connectivity index (χ4n) is 2.14. The Labute approximate surface area is 138 Å². The molecule has 8 heteroatoms. The zero-order valence-electron chi connectivity index (χ0n) is 14.8. The van der Waals surface area contributed by atoms with Gasteiger partial charge < -0.3 is 18.5 Å². The van der Waals surface area contributed by atoms with Crippen LogP contribution in [0.15, 0.2) is 0 Å². The fourth-order valence-corrected chi connectivity index (χ4v) is 4.22. The molecule has 136 valence electrons. The maximum absolute atomic E-state index is 13.1. The lowest BCUT2D eigenvalue weighted by atomic mass is 10.0. The van der Waals surface area contributed by atoms with Gasteiger partial charge in [0.2, 0.25) is 0 Å². The molecule has 0 aromatic carbocycles. The van der Waals surface area contributed by atoms with E-state index in [1.807, 2.05) is 0 Å². The van der Waals surface area contributed by atoms with Crippen LogP contribution in [0.25, 0.3) is 0 Å². The van der Waals surface area contributed by atoms with Crippen LogP contribution in [-0.4, -0.2) is 43.5 Å². The van der Waals surface area contributed by atoms with Gasteiger partial charge >= 0.3 is 19.5 Å². The maximum atomic E-state index is 13.1. The number of carbonyl (C=O) groups excluding carboxylic acids is 2. The van der Waals surface area contributed by atoms with Crippen molar-refractivity contribution in [1.82, 2.24) is 0 Å². The van der Waals surface area contributed by atoms with E-state index in [2.05, 4.69) is 0 Å². The van der Waals surface area contributed by atoms with Crippen molar-refractivity contribution in [1.29, 1.82) is 0 Å². The molecule has 0 saturated heterocycles. The first-order chi connectivity index (χ1) is 10.8. The number of esters is 2. The zero-order chi connectivity index (χ0) is 17.9. The van der Waals surface area contributed by atoms with E-state index >= 15 is 0 Å². The molecule has 7 nitrogen and oxygen atoms in total. The Morgan fingerprint density at radius 1 is 0.870 bits per heavy atom. The summed E-state index contributed by atoms with van der Waals surface area (Å²) < 4.78 is 33.8. The van der Waals surface area contributed by atoms with E-state index in [9.17, 15) is 14.2 Å². The molecular weight excluding hydrogens is 323 g/mol. The summed E-state index contributed by atoms with van der Waals surface area (Å²) in [6.07, 6.45) is 0.00727. The molecule has 1 atom stereocenters.